The molecule has 0 bridgehead atoms. The fourth-order valence-electron chi connectivity index (χ4n) is 1.95. The van der Waals surface area contributed by atoms with Crippen LogP contribution in [0.1, 0.15) is 44.3 Å². The minimum Gasteiger partial charge on any atom is -0.473 e. The third kappa shape index (κ3) is 4.27. The lowest BCUT2D eigenvalue weighted by Crippen LogP contribution is -2.14. The second-order valence-electron chi connectivity index (χ2n) is 5.24. The summed E-state index contributed by atoms with van der Waals surface area (Å²) in [4.78, 5) is 19.5. The van der Waals surface area contributed by atoms with E-state index in [-0.39, 0.29) is 23.3 Å². The van der Waals surface area contributed by atoms with Gasteiger partial charge in [-0.2, -0.15) is 4.98 Å². The van der Waals surface area contributed by atoms with E-state index in [4.69, 9.17) is 9.47 Å². The number of unbranched alkanes of at least 4 members (excludes halogenated alkanes) is 1. The van der Waals surface area contributed by atoms with E-state index in [0.717, 1.165) is 25.7 Å². The first kappa shape index (κ1) is 16.4. The molecule has 0 aromatic carbocycles. The molecule has 0 amide bonds. The lowest BCUT2D eigenvalue weighted by atomic mass is 10.3. The fraction of sp³-hybridized carbons (Fsp3) is 0.714. The van der Waals surface area contributed by atoms with E-state index in [1.807, 2.05) is 6.92 Å². The smallest absolute Gasteiger partial charge is 0.372 e. The van der Waals surface area contributed by atoms with Gasteiger partial charge >= 0.3 is 5.69 Å². The van der Waals surface area contributed by atoms with Crippen LogP contribution in [0.4, 0.5) is 11.5 Å². The number of aromatic nitrogens is 2. The Morgan fingerprint density at radius 2 is 2.14 bits per heavy atom. The molecule has 1 heterocycles. The Morgan fingerprint density at radius 1 is 1.36 bits per heavy atom. The second kappa shape index (κ2) is 7.88. The van der Waals surface area contributed by atoms with Crippen molar-refractivity contribution in [3.8, 4) is 5.88 Å². The summed E-state index contributed by atoms with van der Waals surface area (Å²) in [7, 11) is 1.57. The normalized spacial score (nSPS) is 13.9. The van der Waals surface area contributed by atoms with Crippen molar-refractivity contribution in [1.82, 2.24) is 9.97 Å². The molecule has 0 unspecified atom stereocenters. The van der Waals surface area contributed by atoms with E-state index in [2.05, 4.69) is 15.3 Å². The number of rotatable bonds is 10. The second-order valence-corrected chi connectivity index (χ2v) is 5.24. The molecule has 0 atom stereocenters. The molecular weight excluding hydrogens is 288 g/mol. The monoisotopic (exact) mass is 310 g/mol. The largest absolute Gasteiger partial charge is 0.473 e. The molecule has 22 heavy (non-hydrogen) atoms. The van der Waals surface area contributed by atoms with Gasteiger partial charge in [-0.1, -0.05) is 13.3 Å². The van der Waals surface area contributed by atoms with Gasteiger partial charge in [-0.05, 0) is 19.3 Å². The Bertz CT molecular complexity index is 489. The van der Waals surface area contributed by atoms with Crippen LogP contribution in [0.15, 0.2) is 0 Å². The van der Waals surface area contributed by atoms with Gasteiger partial charge in [0.05, 0.1) is 18.1 Å². The summed E-state index contributed by atoms with van der Waals surface area (Å²) in [5, 5.41) is 14.3. The van der Waals surface area contributed by atoms with Crippen molar-refractivity contribution in [3.63, 3.8) is 0 Å². The van der Waals surface area contributed by atoms with E-state index >= 15 is 0 Å². The SMILES string of the molecule is CCCCOc1nc(C2CC2)nc(NCCOC)c1[N+](=O)[O-]. The molecule has 122 valence electrons. The lowest BCUT2D eigenvalue weighted by molar-refractivity contribution is -0.385. The van der Waals surface area contributed by atoms with Gasteiger partial charge in [0.15, 0.2) is 0 Å². The zero-order chi connectivity index (χ0) is 15.9. The molecule has 8 heteroatoms. The molecule has 0 spiro atoms. The average molecular weight is 310 g/mol. The van der Waals surface area contributed by atoms with Crippen molar-refractivity contribution in [1.29, 1.82) is 0 Å². The molecule has 2 rings (SSSR count). The summed E-state index contributed by atoms with van der Waals surface area (Å²) in [6.45, 7) is 3.32. The minimum atomic E-state index is -0.493. The molecule has 1 fully saturated rings. The molecule has 0 radical (unpaired) electrons. The van der Waals surface area contributed by atoms with Gasteiger partial charge in [0.2, 0.25) is 5.82 Å². The van der Waals surface area contributed by atoms with Gasteiger partial charge in [-0.3, -0.25) is 10.1 Å². The minimum absolute atomic E-state index is 0.0651. The summed E-state index contributed by atoms with van der Waals surface area (Å²) < 4.78 is 10.5. The highest BCUT2D eigenvalue weighted by molar-refractivity contribution is 5.62. The van der Waals surface area contributed by atoms with Crippen LogP contribution in [0.2, 0.25) is 0 Å². The van der Waals surface area contributed by atoms with Crippen LogP contribution in [0, 0.1) is 10.1 Å². The van der Waals surface area contributed by atoms with Crippen LogP contribution in [0.5, 0.6) is 5.88 Å². The predicted octanol–water partition coefficient (Wildman–Crippen LogP) is 2.50. The number of hydrogen-bond donors (Lipinski definition) is 1. The first-order valence-electron chi connectivity index (χ1n) is 7.59. The Balaban J connectivity index is 2.28. The summed E-state index contributed by atoms with van der Waals surface area (Å²) in [6, 6.07) is 0. The number of anilines is 1. The molecule has 1 aliphatic carbocycles. The summed E-state index contributed by atoms with van der Waals surface area (Å²) in [6.07, 6.45) is 3.81. The van der Waals surface area contributed by atoms with Crippen LogP contribution >= 0.6 is 0 Å². The first-order valence-corrected chi connectivity index (χ1v) is 7.59. The van der Waals surface area contributed by atoms with Crippen molar-refractivity contribution in [2.24, 2.45) is 0 Å². The average Bonchev–Trinajstić information content (AvgIpc) is 3.31. The quantitative estimate of drug-likeness (QED) is 0.402. The molecule has 0 aliphatic heterocycles. The first-order chi connectivity index (χ1) is 10.7. The molecule has 1 aliphatic rings. The van der Waals surface area contributed by atoms with Crippen molar-refractivity contribution >= 4 is 11.5 Å². The summed E-state index contributed by atoms with van der Waals surface area (Å²) >= 11 is 0. The standard InChI is InChI=1S/C14H22N4O4/c1-3-4-8-22-14-11(18(19)20)13(15-7-9-21-2)16-12(17-14)10-5-6-10/h10H,3-9H2,1-2H3,(H,15,16,17). The number of hydrogen-bond acceptors (Lipinski definition) is 7. The predicted molar refractivity (Wildman–Crippen MR) is 81.4 cm³/mol. The highest BCUT2D eigenvalue weighted by Gasteiger charge is 2.32. The van der Waals surface area contributed by atoms with Crippen LogP contribution in [-0.2, 0) is 4.74 Å². The van der Waals surface area contributed by atoms with Gasteiger partial charge in [0.25, 0.3) is 5.88 Å². The van der Waals surface area contributed by atoms with Gasteiger partial charge in [0, 0.05) is 19.6 Å². The Morgan fingerprint density at radius 3 is 2.73 bits per heavy atom. The van der Waals surface area contributed by atoms with Crippen molar-refractivity contribution in [3.05, 3.63) is 15.9 Å². The van der Waals surface area contributed by atoms with Crippen LogP contribution in [-0.4, -0.2) is 41.8 Å². The third-order valence-corrected chi connectivity index (χ3v) is 3.33. The lowest BCUT2D eigenvalue weighted by Gasteiger charge is -2.11. The van der Waals surface area contributed by atoms with E-state index in [1.54, 1.807) is 7.11 Å². The fourth-order valence-corrected chi connectivity index (χ4v) is 1.95. The molecule has 8 nitrogen and oxygen atoms in total. The maximum atomic E-state index is 11.4. The van der Waals surface area contributed by atoms with E-state index in [9.17, 15) is 10.1 Å². The van der Waals surface area contributed by atoms with Crippen molar-refractivity contribution in [2.45, 2.75) is 38.5 Å². The zero-order valence-electron chi connectivity index (χ0n) is 13.0. The van der Waals surface area contributed by atoms with Crippen LogP contribution in [0.25, 0.3) is 0 Å². The summed E-state index contributed by atoms with van der Waals surface area (Å²) in [5.41, 5.74) is -0.198. The highest BCUT2D eigenvalue weighted by atomic mass is 16.6. The number of nitrogens with zero attached hydrogens (tertiary/aromatic N) is 3. The Labute approximate surface area is 129 Å². The maximum Gasteiger partial charge on any atom is 0.372 e. The van der Waals surface area contributed by atoms with E-state index < -0.39 is 4.92 Å². The number of ether oxygens (including phenoxy) is 2. The highest BCUT2D eigenvalue weighted by Crippen LogP contribution is 2.41. The van der Waals surface area contributed by atoms with Gasteiger partial charge < -0.3 is 14.8 Å². The van der Waals surface area contributed by atoms with E-state index in [0.29, 0.717) is 25.6 Å². The molecule has 1 aromatic rings. The number of nitro groups is 1. The molecule has 1 saturated carbocycles. The summed E-state index contributed by atoms with van der Waals surface area (Å²) in [5.74, 6) is 1.19. The molecule has 1 N–H and O–H groups in total. The molecule has 1 aromatic heterocycles. The topological polar surface area (TPSA) is 99.4 Å². The van der Waals surface area contributed by atoms with E-state index in [1.165, 1.54) is 0 Å². The molecule has 0 saturated heterocycles. The zero-order valence-corrected chi connectivity index (χ0v) is 13.0. The molecular formula is C14H22N4O4. The van der Waals surface area contributed by atoms with Gasteiger partial charge in [-0.15, -0.1) is 0 Å². The number of methoxy groups -OCH3 is 1. The maximum absolute atomic E-state index is 11.4. The Hall–Kier alpha value is -1.96. The van der Waals surface area contributed by atoms with Crippen molar-refractivity contribution < 1.29 is 14.4 Å². The van der Waals surface area contributed by atoms with Crippen LogP contribution < -0.4 is 10.1 Å². The third-order valence-electron chi connectivity index (χ3n) is 3.33. The van der Waals surface area contributed by atoms with Crippen LogP contribution in [0.3, 0.4) is 0 Å². The van der Waals surface area contributed by atoms with Crippen molar-refractivity contribution in [2.75, 3.05) is 32.2 Å². The van der Waals surface area contributed by atoms with Gasteiger partial charge in [0.1, 0.15) is 5.82 Å². The van der Waals surface area contributed by atoms with Gasteiger partial charge in [-0.25, -0.2) is 4.98 Å². The Kier molecular flexibility index (Phi) is 5.88. The number of nitrogens with one attached hydrogen (secondary N) is 1.